The largest absolute Gasteiger partial charge is 0.509 e. The van der Waals surface area contributed by atoms with Gasteiger partial charge in [-0.25, -0.2) is 36.3 Å². The number of alkyl halides is 4. The molecule has 1 aliphatic rings. The Hall–Kier alpha value is -3.04. The van der Waals surface area contributed by atoms with Crippen LogP contribution in [0, 0.1) is 24.1 Å². The van der Waals surface area contributed by atoms with Crippen LogP contribution < -0.4 is 5.32 Å². The molecule has 1 aliphatic carbocycles. The van der Waals surface area contributed by atoms with Crippen LogP contribution in [-0.4, -0.2) is 39.4 Å². The van der Waals surface area contributed by atoms with E-state index in [1.807, 2.05) is 13.8 Å². The number of aromatic nitrogens is 2. The highest BCUT2D eigenvalue weighted by molar-refractivity contribution is 5.91. The summed E-state index contributed by atoms with van der Waals surface area (Å²) in [7, 11) is 0. The first kappa shape index (κ1) is 29.5. The van der Waals surface area contributed by atoms with Crippen LogP contribution in [-0.2, 0) is 0 Å². The predicted molar refractivity (Wildman–Crippen MR) is 137 cm³/mol. The van der Waals surface area contributed by atoms with Crippen LogP contribution in [0.5, 0.6) is 0 Å². The third kappa shape index (κ3) is 5.27. The lowest BCUT2D eigenvalue weighted by molar-refractivity contribution is 0.0548. The van der Waals surface area contributed by atoms with Crippen molar-refractivity contribution in [1.82, 2.24) is 9.97 Å². The minimum absolute atomic E-state index is 0.0565. The van der Waals surface area contributed by atoms with Crippen molar-refractivity contribution < 1.29 is 31.4 Å². The number of allylic oxidation sites excluding steroid dienone is 4. The maximum Gasteiger partial charge on any atom is 0.290 e. The molecule has 38 heavy (non-hydrogen) atoms. The predicted octanol–water partition coefficient (Wildman–Crippen LogP) is 8.26. The van der Waals surface area contributed by atoms with Crippen LogP contribution in [0.4, 0.5) is 32.0 Å². The first-order valence-corrected chi connectivity index (χ1v) is 12.5. The molecular weight excluding hydrogens is 508 g/mol. The fraction of sp³-hybridized carbons (Fsp3) is 0.500. The number of hydrogen-bond donors (Lipinski definition) is 2. The number of hydrogen-bond acceptors (Lipinski definition) is 4. The van der Waals surface area contributed by atoms with Crippen LogP contribution >= 0.6 is 0 Å². The highest BCUT2D eigenvalue weighted by Gasteiger charge is 2.82. The lowest BCUT2D eigenvalue weighted by atomic mass is 9.90. The molecule has 0 amide bonds. The van der Waals surface area contributed by atoms with Gasteiger partial charge in [0.1, 0.15) is 28.7 Å². The number of nitrogens with one attached hydrogen (secondary N) is 1. The lowest BCUT2D eigenvalue weighted by Crippen LogP contribution is -2.34. The van der Waals surface area contributed by atoms with E-state index in [9.17, 15) is 31.4 Å². The van der Waals surface area contributed by atoms with E-state index in [0.29, 0.717) is 24.5 Å². The molecule has 1 aromatic heterocycles. The third-order valence-electron chi connectivity index (χ3n) is 7.59. The summed E-state index contributed by atoms with van der Waals surface area (Å²) >= 11 is 0. The number of aliphatic hydroxyl groups excluding tert-OH is 1. The Bertz CT molecular complexity index is 1290. The summed E-state index contributed by atoms with van der Waals surface area (Å²) in [4.78, 5) is 8.07. The Balaban J connectivity index is 2.01. The molecular formula is C28H33F6N3O. The van der Waals surface area contributed by atoms with Gasteiger partial charge in [-0.05, 0) is 81.9 Å². The molecule has 208 valence electrons. The Kier molecular flexibility index (Phi) is 8.53. The molecule has 1 saturated carbocycles. The maximum absolute atomic E-state index is 14.9. The van der Waals surface area contributed by atoms with Gasteiger partial charge in [0, 0.05) is 17.3 Å². The highest BCUT2D eigenvalue weighted by Crippen LogP contribution is 2.65. The molecule has 2 N–H and O–H groups in total. The molecule has 0 bridgehead atoms. The lowest BCUT2D eigenvalue weighted by Gasteiger charge is -2.27. The van der Waals surface area contributed by atoms with Crippen LogP contribution in [0.1, 0.15) is 53.3 Å². The van der Waals surface area contributed by atoms with Crippen LogP contribution in [0.2, 0.25) is 0 Å². The van der Waals surface area contributed by atoms with Crippen molar-refractivity contribution in [2.75, 3.05) is 5.32 Å². The van der Waals surface area contributed by atoms with Gasteiger partial charge in [-0.1, -0.05) is 13.8 Å². The van der Waals surface area contributed by atoms with Gasteiger partial charge in [-0.15, -0.1) is 0 Å². The van der Waals surface area contributed by atoms with Crippen molar-refractivity contribution in [3.63, 3.8) is 0 Å². The fourth-order valence-electron chi connectivity index (χ4n) is 4.93. The summed E-state index contributed by atoms with van der Waals surface area (Å²) in [5, 5.41) is 13.2. The summed E-state index contributed by atoms with van der Waals surface area (Å²) < 4.78 is 87.3. The average Bonchev–Trinajstić information content (AvgIpc) is 3.26. The molecule has 0 aliphatic heterocycles. The Morgan fingerprint density at radius 3 is 2.37 bits per heavy atom. The van der Waals surface area contributed by atoms with Gasteiger partial charge in [-0.3, -0.25) is 0 Å². The smallest absolute Gasteiger partial charge is 0.290 e. The van der Waals surface area contributed by atoms with Gasteiger partial charge in [-0.2, -0.15) is 0 Å². The molecule has 0 saturated heterocycles. The zero-order chi connectivity index (χ0) is 28.6. The van der Waals surface area contributed by atoms with Crippen LogP contribution in [0.25, 0.3) is 10.9 Å². The molecule has 3 rings (SSSR count). The number of nitrogens with zero attached hydrogens (tertiary/aromatic N) is 2. The van der Waals surface area contributed by atoms with E-state index in [4.69, 9.17) is 0 Å². The third-order valence-corrected chi connectivity index (χ3v) is 7.59. The van der Waals surface area contributed by atoms with Crippen molar-refractivity contribution >= 4 is 16.6 Å². The molecule has 0 radical (unpaired) electrons. The van der Waals surface area contributed by atoms with Crippen molar-refractivity contribution in [2.24, 2.45) is 11.3 Å². The van der Waals surface area contributed by atoms with Crippen molar-refractivity contribution in [3.8, 4) is 0 Å². The highest BCUT2D eigenvalue weighted by atomic mass is 19.3. The van der Waals surface area contributed by atoms with Crippen molar-refractivity contribution in [3.05, 3.63) is 64.9 Å². The minimum atomic E-state index is -3.72. The summed E-state index contributed by atoms with van der Waals surface area (Å²) in [6, 6.07) is 0.898. The standard InChI is InChI=1S/C28H33F6N3O/c1-7-17(8-2)15(4)24(38)21(31)12-18(29)11-14(3)25(27(6)26(32)28(27,33)34)37-22-10-9-20(30)23-19(22)13-35-16(5)36-23/h9-13,17,21,25-26,37-38H,7-8H2,1-6H3/b14-11+,18-12?,24-15-/t21?,25?,26?,27-/m0/s1. The normalized spacial score (nSPS) is 23.9. The van der Waals surface area contributed by atoms with Gasteiger partial charge in [0.15, 0.2) is 12.3 Å². The Morgan fingerprint density at radius 2 is 1.82 bits per heavy atom. The first-order chi connectivity index (χ1) is 17.7. The zero-order valence-electron chi connectivity index (χ0n) is 22.2. The van der Waals surface area contributed by atoms with Gasteiger partial charge < -0.3 is 10.4 Å². The van der Waals surface area contributed by atoms with E-state index in [2.05, 4.69) is 15.3 Å². The molecule has 0 spiro atoms. The summed E-state index contributed by atoms with van der Waals surface area (Å²) in [6.45, 7) is 9.23. The molecule has 10 heteroatoms. The maximum atomic E-state index is 14.9. The quantitative estimate of drug-likeness (QED) is 0.181. The number of aryl methyl sites for hydroxylation is 1. The van der Waals surface area contributed by atoms with Gasteiger partial charge in [0.05, 0.1) is 11.5 Å². The minimum Gasteiger partial charge on any atom is -0.509 e. The average molecular weight is 542 g/mol. The first-order valence-electron chi connectivity index (χ1n) is 12.5. The second-order valence-electron chi connectivity index (χ2n) is 10.0. The number of rotatable bonds is 10. The van der Waals surface area contributed by atoms with Crippen LogP contribution in [0.15, 0.2) is 53.2 Å². The number of aliphatic hydroxyl groups is 1. The number of benzene rings is 1. The Labute approximate surface area is 218 Å². The SMILES string of the molecule is CCC(CC)/C(C)=C(\O)C(F)C=C(F)/C=C(\C)C(Nc1ccc(F)c2nc(C)ncc12)[C@@]1(C)C(F)C1(F)F. The molecule has 1 fully saturated rings. The van der Waals surface area contributed by atoms with E-state index in [0.717, 1.165) is 19.1 Å². The second kappa shape index (κ2) is 11.0. The molecule has 4 atom stereocenters. The van der Waals surface area contributed by atoms with Gasteiger partial charge >= 0.3 is 0 Å². The zero-order valence-corrected chi connectivity index (χ0v) is 22.2. The second-order valence-corrected chi connectivity index (χ2v) is 10.0. The molecule has 2 aromatic rings. The summed E-state index contributed by atoms with van der Waals surface area (Å²) in [5.41, 5.74) is -1.83. The number of anilines is 1. The topological polar surface area (TPSA) is 58.0 Å². The van der Waals surface area contributed by atoms with Crippen molar-refractivity contribution in [2.45, 2.75) is 78.7 Å². The van der Waals surface area contributed by atoms with Crippen molar-refractivity contribution in [1.29, 1.82) is 0 Å². The van der Waals surface area contributed by atoms with E-state index >= 15 is 0 Å². The van der Waals surface area contributed by atoms with Gasteiger partial charge in [0.25, 0.3) is 5.92 Å². The molecule has 1 heterocycles. The van der Waals surface area contributed by atoms with E-state index in [-0.39, 0.29) is 33.9 Å². The van der Waals surface area contributed by atoms with E-state index in [1.165, 1.54) is 19.2 Å². The monoisotopic (exact) mass is 541 g/mol. The molecule has 4 nitrogen and oxygen atoms in total. The van der Waals surface area contributed by atoms with E-state index < -0.39 is 47.1 Å². The fourth-order valence-corrected chi connectivity index (χ4v) is 4.93. The van der Waals surface area contributed by atoms with E-state index in [1.54, 1.807) is 13.8 Å². The summed E-state index contributed by atoms with van der Waals surface area (Å²) in [5.74, 6) is -5.91. The molecule has 3 unspecified atom stereocenters. The Morgan fingerprint density at radius 1 is 1.21 bits per heavy atom. The van der Waals surface area contributed by atoms with Gasteiger partial charge in [0.2, 0.25) is 0 Å². The molecule has 1 aromatic carbocycles. The summed E-state index contributed by atoms with van der Waals surface area (Å²) in [6.07, 6.45) is -0.689. The number of halogens is 6. The number of fused-ring (bicyclic) bond motifs is 1. The van der Waals surface area contributed by atoms with Crippen LogP contribution in [0.3, 0.4) is 0 Å².